The predicted octanol–water partition coefficient (Wildman–Crippen LogP) is 1.48. The van der Waals surface area contributed by atoms with Gasteiger partial charge in [-0.25, -0.2) is 0 Å². The summed E-state index contributed by atoms with van der Waals surface area (Å²) in [4.78, 5) is 12.5. The van der Waals surface area contributed by atoms with E-state index in [1.165, 1.54) is 0 Å². The Morgan fingerprint density at radius 2 is 2.07 bits per heavy atom. The van der Waals surface area contributed by atoms with Crippen LogP contribution in [0.2, 0.25) is 0 Å². The van der Waals surface area contributed by atoms with Gasteiger partial charge in [-0.3, -0.25) is 4.79 Å². The molecule has 2 N–H and O–H groups in total. The fourth-order valence-electron chi connectivity index (χ4n) is 1.19. The minimum absolute atomic E-state index is 0.0156. The normalized spacial score (nSPS) is 12.2. The number of hydrogen-bond donors (Lipinski definition) is 3. The molecule has 0 spiro atoms. The Hall–Kier alpha value is -1.00. The minimum Gasteiger partial charge on any atom is -0.396 e. The van der Waals surface area contributed by atoms with Crippen LogP contribution < -0.4 is 5.32 Å². The van der Waals surface area contributed by atoms with Crippen LogP contribution >= 0.6 is 12.6 Å². The second-order valence-electron chi connectivity index (χ2n) is 3.43. The van der Waals surface area contributed by atoms with Gasteiger partial charge in [0.05, 0.1) is 0 Å². The molecular weight excluding hydrogens is 210 g/mol. The molecule has 82 valence electrons. The van der Waals surface area contributed by atoms with E-state index in [2.05, 4.69) is 17.9 Å². The maximum atomic E-state index is 11.6. The number of carbonyl (C=O) groups is 1. The first-order valence-electron chi connectivity index (χ1n) is 4.84. The fourth-order valence-corrected chi connectivity index (χ4v) is 1.33. The zero-order valence-corrected chi connectivity index (χ0v) is 9.50. The van der Waals surface area contributed by atoms with Crippen LogP contribution in [0.5, 0.6) is 0 Å². The highest BCUT2D eigenvalue weighted by Gasteiger charge is 2.08. The zero-order chi connectivity index (χ0) is 11.3. The number of aliphatic hydroxyl groups is 1. The Morgan fingerprint density at radius 1 is 1.47 bits per heavy atom. The molecule has 0 aliphatic rings. The van der Waals surface area contributed by atoms with E-state index >= 15 is 0 Å². The van der Waals surface area contributed by atoms with Crippen molar-refractivity contribution < 1.29 is 9.90 Å². The van der Waals surface area contributed by atoms with Gasteiger partial charge in [0.1, 0.15) is 0 Å². The average Bonchev–Trinajstić information content (AvgIpc) is 2.18. The monoisotopic (exact) mass is 225 g/mol. The van der Waals surface area contributed by atoms with Crippen molar-refractivity contribution >= 4 is 18.5 Å². The molecule has 3 nitrogen and oxygen atoms in total. The van der Waals surface area contributed by atoms with Gasteiger partial charge in [0.2, 0.25) is 0 Å². The van der Waals surface area contributed by atoms with Gasteiger partial charge in [0, 0.05) is 23.1 Å². The Bertz CT molecular complexity index is 324. The smallest absolute Gasteiger partial charge is 0.251 e. The lowest BCUT2D eigenvalue weighted by atomic mass is 10.2. The maximum absolute atomic E-state index is 11.6. The van der Waals surface area contributed by atoms with Gasteiger partial charge < -0.3 is 10.4 Å². The van der Waals surface area contributed by atoms with E-state index in [0.29, 0.717) is 12.0 Å². The van der Waals surface area contributed by atoms with Crippen LogP contribution in [0.1, 0.15) is 23.7 Å². The summed E-state index contributed by atoms with van der Waals surface area (Å²) in [6.07, 6.45) is 0.566. The lowest BCUT2D eigenvalue weighted by Gasteiger charge is -2.12. The molecule has 4 heteroatoms. The number of thiol groups is 1. The number of benzene rings is 1. The topological polar surface area (TPSA) is 49.3 Å². The molecule has 1 atom stereocenters. The molecule has 1 aromatic rings. The third-order valence-electron chi connectivity index (χ3n) is 2.07. The van der Waals surface area contributed by atoms with Gasteiger partial charge in [-0.15, -0.1) is 12.6 Å². The maximum Gasteiger partial charge on any atom is 0.251 e. The van der Waals surface area contributed by atoms with E-state index < -0.39 is 0 Å². The Morgan fingerprint density at radius 3 is 2.60 bits per heavy atom. The van der Waals surface area contributed by atoms with E-state index in [-0.39, 0.29) is 18.6 Å². The molecule has 0 aliphatic heterocycles. The van der Waals surface area contributed by atoms with Crippen molar-refractivity contribution in [3.8, 4) is 0 Å². The molecule has 0 heterocycles. The predicted molar refractivity (Wildman–Crippen MR) is 62.3 cm³/mol. The molecular formula is C11H15NO2S. The molecule has 0 bridgehead atoms. The lowest BCUT2D eigenvalue weighted by molar-refractivity contribution is 0.0934. The summed E-state index contributed by atoms with van der Waals surface area (Å²) in [7, 11) is 0. The molecule has 1 amide bonds. The minimum atomic E-state index is -0.121. The SMILES string of the molecule is CC(CCO)NC(=O)c1ccc(S)cc1. The van der Waals surface area contributed by atoms with Crippen LogP contribution in [0, 0.1) is 0 Å². The molecule has 1 aromatic carbocycles. The van der Waals surface area contributed by atoms with Crippen LogP contribution in [0.15, 0.2) is 29.2 Å². The summed E-state index contributed by atoms with van der Waals surface area (Å²) in [5.74, 6) is -0.121. The highest BCUT2D eigenvalue weighted by atomic mass is 32.1. The van der Waals surface area contributed by atoms with Gasteiger partial charge >= 0.3 is 0 Å². The van der Waals surface area contributed by atoms with Crippen LogP contribution in [-0.2, 0) is 0 Å². The standard InChI is InChI=1S/C11H15NO2S/c1-8(6-7-13)12-11(14)9-2-4-10(15)5-3-9/h2-5,8,13,15H,6-7H2,1H3,(H,12,14). The molecule has 0 saturated heterocycles. The highest BCUT2D eigenvalue weighted by Crippen LogP contribution is 2.07. The Kier molecular flexibility index (Phi) is 4.65. The third-order valence-corrected chi connectivity index (χ3v) is 2.37. The number of aliphatic hydroxyl groups excluding tert-OH is 1. The number of rotatable bonds is 4. The lowest BCUT2D eigenvalue weighted by Crippen LogP contribution is -2.33. The highest BCUT2D eigenvalue weighted by molar-refractivity contribution is 7.80. The van der Waals surface area contributed by atoms with Crippen molar-refractivity contribution in [2.24, 2.45) is 0 Å². The zero-order valence-electron chi connectivity index (χ0n) is 8.60. The van der Waals surface area contributed by atoms with Crippen molar-refractivity contribution in [3.63, 3.8) is 0 Å². The number of carbonyl (C=O) groups excluding carboxylic acids is 1. The van der Waals surface area contributed by atoms with Crippen molar-refractivity contribution in [1.29, 1.82) is 0 Å². The van der Waals surface area contributed by atoms with Crippen molar-refractivity contribution in [2.75, 3.05) is 6.61 Å². The average molecular weight is 225 g/mol. The summed E-state index contributed by atoms with van der Waals surface area (Å²) in [6.45, 7) is 1.94. The fraction of sp³-hybridized carbons (Fsp3) is 0.364. The molecule has 1 unspecified atom stereocenters. The van der Waals surface area contributed by atoms with Gasteiger partial charge in [-0.1, -0.05) is 0 Å². The molecule has 0 radical (unpaired) electrons. The molecule has 1 rings (SSSR count). The quantitative estimate of drug-likeness (QED) is 0.680. The van der Waals surface area contributed by atoms with Gasteiger partial charge in [0.25, 0.3) is 5.91 Å². The second kappa shape index (κ2) is 5.78. The first-order chi connectivity index (χ1) is 7.13. The summed E-state index contributed by atoms with van der Waals surface area (Å²) in [6, 6.07) is 6.98. The van der Waals surface area contributed by atoms with Crippen LogP contribution in [0.25, 0.3) is 0 Å². The van der Waals surface area contributed by atoms with Crippen LogP contribution in [0.4, 0.5) is 0 Å². The number of hydrogen-bond acceptors (Lipinski definition) is 3. The van der Waals surface area contributed by atoms with Gasteiger partial charge in [0.15, 0.2) is 0 Å². The van der Waals surface area contributed by atoms with E-state index in [4.69, 9.17) is 5.11 Å². The second-order valence-corrected chi connectivity index (χ2v) is 3.95. The van der Waals surface area contributed by atoms with Gasteiger partial charge in [-0.2, -0.15) is 0 Å². The summed E-state index contributed by atoms with van der Waals surface area (Å²) >= 11 is 4.14. The Labute approximate surface area is 94.9 Å². The summed E-state index contributed by atoms with van der Waals surface area (Å²) < 4.78 is 0. The first-order valence-corrected chi connectivity index (χ1v) is 5.29. The third kappa shape index (κ3) is 3.93. The van der Waals surface area contributed by atoms with Gasteiger partial charge in [-0.05, 0) is 37.6 Å². The summed E-state index contributed by atoms with van der Waals surface area (Å²) in [5.41, 5.74) is 0.609. The number of nitrogens with one attached hydrogen (secondary N) is 1. The van der Waals surface area contributed by atoms with Crippen molar-refractivity contribution in [2.45, 2.75) is 24.3 Å². The van der Waals surface area contributed by atoms with E-state index in [1.54, 1.807) is 24.3 Å². The molecule has 0 fully saturated rings. The van der Waals surface area contributed by atoms with E-state index in [1.807, 2.05) is 6.92 Å². The first kappa shape index (κ1) is 12.1. The molecule has 0 saturated carbocycles. The molecule has 15 heavy (non-hydrogen) atoms. The molecule has 0 aliphatic carbocycles. The van der Waals surface area contributed by atoms with E-state index in [9.17, 15) is 4.79 Å². The largest absolute Gasteiger partial charge is 0.396 e. The summed E-state index contributed by atoms with van der Waals surface area (Å²) in [5, 5.41) is 11.5. The molecule has 0 aromatic heterocycles. The number of amides is 1. The Balaban J connectivity index is 2.57. The van der Waals surface area contributed by atoms with Crippen molar-refractivity contribution in [1.82, 2.24) is 5.32 Å². The van der Waals surface area contributed by atoms with E-state index in [0.717, 1.165) is 4.90 Å². The van der Waals surface area contributed by atoms with Crippen LogP contribution in [-0.4, -0.2) is 23.7 Å². The van der Waals surface area contributed by atoms with Crippen LogP contribution in [0.3, 0.4) is 0 Å². The van der Waals surface area contributed by atoms with Crippen molar-refractivity contribution in [3.05, 3.63) is 29.8 Å².